The number of aromatic nitrogens is 1. The monoisotopic (exact) mass is 873 g/mol. The third-order valence-electron chi connectivity index (χ3n) is 13.6. The quantitative estimate of drug-likeness (QED) is 0.159. The fourth-order valence-electron chi connectivity index (χ4n) is 10.2. The van der Waals surface area contributed by atoms with E-state index in [0.29, 0.717) is 5.84 Å². The van der Waals surface area contributed by atoms with Crippen LogP contribution in [0.2, 0.25) is 0 Å². The Bertz CT molecular complexity index is 3980. The van der Waals surface area contributed by atoms with Crippen molar-refractivity contribution in [2.75, 3.05) is 0 Å². The van der Waals surface area contributed by atoms with Crippen LogP contribution in [0, 0.1) is 5.92 Å². The third kappa shape index (κ3) is 6.88. The largest absolute Gasteiger partial charge is 0.309 e. The molecule has 0 bridgehead atoms. The van der Waals surface area contributed by atoms with Crippen molar-refractivity contribution in [3.05, 3.63) is 241 Å². The Labute approximate surface area is 393 Å². The molecule has 0 radical (unpaired) electrons. The van der Waals surface area contributed by atoms with Gasteiger partial charge in [0.05, 0.1) is 22.4 Å². The topological polar surface area (TPSA) is 29.6 Å². The normalized spacial score (nSPS) is 16.7. The molecule has 1 aliphatic rings. The average Bonchev–Trinajstić information content (AvgIpc) is 3.91. The van der Waals surface area contributed by atoms with Crippen LogP contribution in [0.4, 0.5) is 0 Å². The minimum atomic E-state index is 0.0589. The van der Waals surface area contributed by atoms with E-state index in [1.807, 2.05) is 11.3 Å². The molecule has 0 spiro atoms. The number of hydrogen-bond donors (Lipinski definition) is 0. The highest BCUT2D eigenvalue weighted by molar-refractivity contribution is 7.26. The number of thiophene rings is 1. The zero-order chi connectivity index (χ0) is 44.4. The zero-order valence-electron chi connectivity index (χ0n) is 36.9. The number of aliphatic imine (C=N–C) groups is 2. The van der Waals surface area contributed by atoms with Crippen LogP contribution < -0.4 is 0 Å². The van der Waals surface area contributed by atoms with Crippen LogP contribution in [-0.2, 0) is 0 Å². The molecule has 3 heterocycles. The molecule has 316 valence electrons. The van der Waals surface area contributed by atoms with Gasteiger partial charge in [-0.1, -0.05) is 189 Å². The Balaban J connectivity index is 1.06. The number of rotatable bonds is 6. The molecule has 2 aromatic heterocycles. The van der Waals surface area contributed by atoms with Crippen LogP contribution in [0.3, 0.4) is 0 Å². The van der Waals surface area contributed by atoms with Gasteiger partial charge in [-0.2, -0.15) is 0 Å². The summed E-state index contributed by atoms with van der Waals surface area (Å²) in [7, 11) is 0. The van der Waals surface area contributed by atoms with Gasteiger partial charge in [-0.05, 0) is 98.2 Å². The van der Waals surface area contributed by atoms with Crippen LogP contribution >= 0.6 is 11.3 Å². The summed E-state index contributed by atoms with van der Waals surface area (Å²) in [5.74, 6) is 0.759. The van der Waals surface area contributed by atoms with Gasteiger partial charge in [0.2, 0.25) is 0 Å². The second-order valence-electron chi connectivity index (χ2n) is 17.8. The van der Waals surface area contributed by atoms with E-state index in [0.717, 1.165) is 45.8 Å². The SMILES string of the molecule is CC1C/C=C(c2ccc(-c3ccccc3)cc2)/N=C(c2ccc(-c3ccccc3)cc2)\N=C/1c1cc(-n2c3ccccc3c3cc4ccccc4cc32)cc2sc3cc4ccccc4cc3c12. The maximum atomic E-state index is 5.81. The number of amidine groups is 1. The number of para-hydroxylation sites is 1. The molecule has 13 rings (SSSR count). The highest BCUT2D eigenvalue weighted by atomic mass is 32.1. The van der Waals surface area contributed by atoms with Crippen molar-refractivity contribution in [3.63, 3.8) is 0 Å². The standard InChI is InChI=1S/C63H43N3S/c1-40-24-33-56(45-29-25-43(26-30-45)41-14-4-2-5-15-41)64-63(46-31-27-44(28-32-46)42-16-6-3-7-17-42)65-62(40)55-38-51(39-60-61(55)54-35-48-19-9-11-21-50(48)37-59(54)67-60)66-57-23-13-12-22-52(57)53-34-47-18-8-10-20-49(47)36-58(53)66/h2-23,25-40H,24H2,1H3/b56-33+,64-63-,65-62+. The van der Waals surface area contributed by atoms with Crippen LogP contribution in [0.1, 0.15) is 30.0 Å². The fourth-order valence-corrected chi connectivity index (χ4v) is 11.4. The summed E-state index contributed by atoms with van der Waals surface area (Å²) in [4.78, 5) is 11.3. The number of benzene rings is 10. The van der Waals surface area contributed by atoms with Crippen molar-refractivity contribution in [2.45, 2.75) is 13.3 Å². The van der Waals surface area contributed by atoms with Gasteiger partial charge >= 0.3 is 0 Å². The van der Waals surface area contributed by atoms with Crippen LogP contribution in [0.25, 0.3) is 97.2 Å². The Morgan fingerprint density at radius 1 is 0.433 bits per heavy atom. The highest BCUT2D eigenvalue weighted by Gasteiger charge is 2.25. The number of hydrogen-bond acceptors (Lipinski definition) is 3. The van der Waals surface area contributed by atoms with Crippen LogP contribution in [0.15, 0.2) is 234 Å². The Hall–Kier alpha value is -8.18. The number of nitrogens with zero attached hydrogens (tertiary/aromatic N) is 3. The van der Waals surface area contributed by atoms with Crippen molar-refractivity contribution in [1.82, 2.24) is 4.57 Å². The molecular weight excluding hydrogens is 831 g/mol. The fraction of sp³-hybridized carbons (Fsp3) is 0.0476. The van der Waals surface area contributed by atoms with Gasteiger partial charge in [-0.25, -0.2) is 9.98 Å². The lowest BCUT2D eigenvalue weighted by atomic mass is 9.90. The van der Waals surface area contributed by atoms with E-state index < -0.39 is 0 Å². The highest BCUT2D eigenvalue weighted by Crippen LogP contribution is 2.43. The third-order valence-corrected chi connectivity index (χ3v) is 14.7. The molecule has 0 fully saturated rings. The lowest BCUT2D eigenvalue weighted by Gasteiger charge is -2.21. The van der Waals surface area contributed by atoms with E-state index in [4.69, 9.17) is 9.98 Å². The van der Waals surface area contributed by atoms with Gasteiger partial charge in [0.25, 0.3) is 0 Å². The Morgan fingerprint density at radius 3 is 1.64 bits per heavy atom. The van der Waals surface area contributed by atoms with Gasteiger partial charge in [-0.3, -0.25) is 0 Å². The minimum absolute atomic E-state index is 0.0589. The number of fused-ring (bicyclic) bond motifs is 8. The van der Waals surface area contributed by atoms with E-state index in [-0.39, 0.29) is 5.92 Å². The molecule has 12 aromatic rings. The van der Waals surface area contributed by atoms with Gasteiger partial charge in [-0.15, -0.1) is 11.3 Å². The first kappa shape index (κ1) is 39.2. The molecule has 4 heteroatoms. The molecule has 10 aromatic carbocycles. The second kappa shape index (κ2) is 16.1. The first-order valence-corrected chi connectivity index (χ1v) is 23.9. The second-order valence-corrected chi connectivity index (χ2v) is 18.9. The Kier molecular flexibility index (Phi) is 9.40. The maximum Gasteiger partial charge on any atom is 0.160 e. The molecule has 67 heavy (non-hydrogen) atoms. The van der Waals surface area contributed by atoms with Crippen LogP contribution in [0.5, 0.6) is 0 Å². The van der Waals surface area contributed by atoms with E-state index in [2.05, 4.69) is 236 Å². The Morgan fingerprint density at radius 2 is 0.970 bits per heavy atom. The molecular formula is C63H43N3S. The van der Waals surface area contributed by atoms with Crippen molar-refractivity contribution in [1.29, 1.82) is 0 Å². The molecule has 0 amide bonds. The van der Waals surface area contributed by atoms with Gasteiger partial charge in [0.1, 0.15) is 0 Å². The molecule has 0 aliphatic carbocycles. The maximum absolute atomic E-state index is 5.81. The molecule has 3 nitrogen and oxygen atoms in total. The van der Waals surface area contributed by atoms with E-state index in [1.165, 1.54) is 80.2 Å². The predicted octanol–water partition coefficient (Wildman–Crippen LogP) is 17.1. The van der Waals surface area contributed by atoms with Gasteiger partial charge in [0.15, 0.2) is 5.84 Å². The van der Waals surface area contributed by atoms with E-state index >= 15 is 0 Å². The predicted molar refractivity (Wildman–Crippen MR) is 287 cm³/mol. The average molecular weight is 874 g/mol. The summed E-state index contributed by atoms with van der Waals surface area (Å²) >= 11 is 1.87. The van der Waals surface area contributed by atoms with Gasteiger partial charge < -0.3 is 4.57 Å². The zero-order valence-corrected chi connectivity index (χ0v) is 37.7. The minimum Gasteiger partial charge on any atom is -0.309 e. The summed E-state index contributed by atoms with van der Waals surface area (Å²) in [6.07, 6.45) is 3.10. The summed E-state index contributed by atoms with van der Waals surface area (Å²) in [6.45, 7) is 2.34. The molecule has 1 unspecified atom stereocenters. The molecule has 1 atom stereocenters. The first-order valence-electron chi connectivity index (χ1n) is 23.1. The number of allylic oxidation sites excluding steroid dienone is 1. The molecule has 0 saturated carbocycles. The van der Waals surface area contributed by atoms with E-state index in [9.17, 15) is 0 Å². The summed E-state index contributed by atoms with van der Waals surface area (Å²) < 4.78 is 4.98. The van der Waals surface area contributed by atoms with Crippen molar-refractivity contribution < 1.29 is 0 Å². The van der Waals surface area contributed by atoms with Crippen molar-refractivity contribution in [2.24, 2.45) is 15.9 Å². The van der Waals surface area contributed by atoms with Gasteiger partial charge in [0, 0.05) is 53.7 Å². The summed E-state index contributed by atoms with van der Waals surface area (Å²) in [5, 5.41) is 9.94. The molecule has 0 saturated heterocycles. The smallest absolute Gasteiger partial charge is 0.160 e. The summed E-state index contributed by atoms with van der Waals surface area (Å²) in [6, 6.07) is 79.3. The van der Waals surface area contributed by atoms with Crippen molar-refractivity contribution >= 4 is 92.1 Å². The molecule has 1 aliphatic heterocycles. The first-order chi connectivity index (χ1) is 33.1. The molecule has 0 N–H and O–H groups in total. The lowest BCUT2D eigenvalue weighted by Crippen LogP contribution is -2.18. The van der Waals surface area contributed by atoms with Crippen molar-refractivity contribution in [3.8, 4) is 27.9 Å². The lowest BCUT2D eigenvalue weighted by molar-refractivity contribution is 0.791. The van der Waals surface area contributed by atoms with Crippen LogP contribution in [-0.4, -0.2) is 16.1 Å². The summed E-state index contributed by atoms with van der Waals surface area (Å²) in [5.41, 5.74) is 13.4. The van der Waals surface area contributed by atoms with E-state index in [1.54, 1.807) is 0 Å².